The van der Waals surface area contributed by atoms with Gasteiger partial charge >= 0.3 is 11.7 Å². The number of nitro groups is 1. The summed E-state index contributed by atoms with van der Waals surface area (Å²) in [6.45, 7) is 3.16. The maximum atomic E-state index is 12.1. The van der Waals surface area contributed by atoms with Gasteiger partial charge in [0.15, 0.2) is 0 Å². The van der Waals surface area contributed by atoms with Gasteiger partial charge in [0.1, 0.15) is 25.5 Å². The molecule has 0 saturated carbocycles. The van der Waals surface area contributed by atoms with Crippen molar-refractivity contribution in [1.29, 1.82) is 0 Å². The molecular formula is C11H16N4O5. The van der Waals surface area contributed by atoms with E-state index < -0.39 is 10.9 Å². The summed E-state index contributed by atoms with van der Waals surface area (Å²) < 4.78 is 5.68. The second-order valence-electron chi connectivity index (χ2n) is 4.34. The lowest BCUT2D eigenvalue weighted by Gasteiger charge is -2.25. The van der Waals surface area contributed by atoms with Crippen LogP contribution in [-0.2, 0) is 20.9 Å². The molecule has 0 aliphatic rings. The van der Waals surface area contributed by atoms with Crippen molar-refractivity contribution in [2.75, 3.05) is 13.7 Å². The highest BCUT2D eigenvalue weighted by Crippen LogP contribution is 2.08. The molecule has 0 aliphatic carbocycles. The quantitative estimate of drug-likeness (QED) is 0.419. The van der Waals surface area contributed by atoms with Crippen LogP contribution >= 0.6 is 0 Å². The fraction of sp³-hybridized carbons (Fsp3) is 0.545. The number of esters is 1. The SMILES string of the molecule is COC(=O)CN(C(=O)Cn1cc([N+](=O)[O-])cn1)C(C)C. The Kier molecular flexibility index (Phi) is 5.18. The van der Waals surface area contributed by atoms with Crippen molar-refractivity contribution in [1.82, 2.24) is 14.7 Å². The Balaban J connectivity index is 2.74. The molecule has 20 heavy (non-hydrogen) atoms. The molecule has 0 radical (unpaired) electrons. The molecule has 9 heteroatoms. The Labute approximate surface area is 115 Å². The maximum Gasteiger partial charge on any atom is 0.325 e. The van der Waals surface area contributed by atoms with Crippen molar-refractivity contribution in [2.45, 2.75) is 26.4 Å². The summed E-state index contributed by atoms with van der Waals surface area (Å²) in [5.41, 5.74) is -0.193. The van der Waals surface area contributed by atoms with Crippen molar-refractivity contribution >= 4 is 17.6 Å². The number of hydrogen-bond acceptors (Lipinski definition) is 6. The van der Waals surface area contributed by atoms with Gasteiger partial charge in [0.2, 0.25) is 5.91 Å². The zero-order valence-corrected chi connectivity index (χ0v) is 11.5. The van der Waals surface area contributed by atoms with Crippen molar-refractivity contribution in [2.24, 2.45) is 0 Å². The van der Waals surface area contributed by atoms with Crippen LogP contribution in [0.3, 0.4) is 0 Å². The average Bonchev–Trinajstić information content (AvgIpc) is 2.83. The first kappa shape index (κ1) is 15.6. The van der Waals surface area contributed by atoms with Gasteiger partial charge in [-0.2, -0.15) is 5.10 Å². The van der Waals surface area contributed by atoms with E-state index in [2.05, 4.69) is 9.84 Å². The third-order valence-corrected chi connectivity index (χ3v) is 2.60. The van der Waals surface area contributed by atoms with E-state index in [-0.39, 0.29) is 30.7 Å². The highest BCUT2D eigenvalue weighted by molar-refractivity contribution is 5.82. The van der Waals surface area contributed by atoms with Gasteiger partial charge in [0.25, 0.3) is 0 Å². The minimum Gasteiger partial charge on any atom is -0.468 e. The lowest BCUT2D eigenvalue weighted by molar-refractivity contribution is -0.385. The number of hydrogen-bond donors (Lipinski definition) is 0. The van der Waals surface area contributed by atoms with Crippen LogP contribution in [0, 0.1) is 10.1 Å². The van der Waals surface area contributed by atoms with Crippen molar-refractivity contribution in [3.63, 3.8) is 0 Å². The van der Waals surface area contributed by atoms with Crippen LogP contribution in [-0.4, -0.2) is 51.2 Å². The molecule has 0 spiro atoms. The number of ether oxygens (including phenoxy) is 1. The molecule has 0 aromatic carbocycles. The lowest BCUT2D eigenvalue weighted by Crippen LogP contribution is -2.42. The van der Waals surface area contributed by atoms with Gasteiger partial charge < -0.3 is 9.64 Å². The molecule has 1 rings (SSSR count). The molecule has 0 bridgehead atoms. The number of carbonyl (C=O) groups excluding carboxylic acids is 2. The van der Waals surface area contributed by atoms with E-state index in [4.69, 9.17) is 0 Å². The first-order valence-corrected chi connectivity index (χ1v) is 5.88. The first-order valence-electron chi connectivity index (χ1n) is 5.88. The molecule has 0 saturated heterocycles. The van der Waals surface area contributed by atoms with Gasteiger partial charge in [-0.1, -0.05) is 0 Å². The van der Waals surface area contributed by atoms with E-state index in [0.717, 1.165) is 17.1 Å². The number of aromatic nitrogens is 2. The summed E-state index contributed by atoms with van der Waals surface area (Å²) >= 11 is 0. The monoisotopic (exact) mass is 284 g/mol. The number of amides is 1. The fourth-order valence-corrected chi connectivity index (χ4v) is 1.53. The smallest absolute Gasteiger partial charge is 0.325 e. The molecule has 1 heterocycles. The predicted molar refractivity (Wildman–Crippen MR) is 67.7 cm³/mol. The van der Waals surface area contributed by atoms with Crippen LogP contribution in [0.5, 0.6) is 0 Å². The summed E-state index contributed by atoms with van der Waals surface area (Å²) in [6.07, 6.45) is 2.22. The summed E-state index contributed by atoms with van der Waals surface area (Å²) in [4.78, 5) is 34.6. The van der Waals surface area contributed by atoms with Crippen molar-refractivity contribution in [3.8, 4) is 0 Å². The zero-order valence-electron chi connectivity index (χ0n) is 11.5. The number of methoxy groups -OCH3 is 1. The maximum absolute atomic E-state index is 12.1. The average molecular weight is 284 g/mol. The van der Waals surface area contributed by atoms with Gasteiger partial charge in [-0.05, 0) is 13.8 Å². The third-order valence-electron chi connectivity index (χ3n) is 2.60. The number of nitrogens with zero attached hydrogens (tertiary/aromatic N) is 4. The van der Waals surface area contributed by atoms with E-state index in [1.54, 1.807) is 13.8 Å². The van der Waals surface area contributed by atoms with E-state index in [9.17, 15) is 19.7 Å². The topological polar surface area (TPSA) is 108 Å². The molecule has 1 aromatic rings. The van der Waals surface area contributed by atoms with Gasteiger partial charge in [-0.15, -0.1) is 0 Å². The van der Waals surface area contributed by atoms with Crippen LogP contribution < -0.4 is 0 Å². The fourth-order valence-electron chi connectivity index (χ4n) is 1.53. The predicted octanol–water partition coefficient (Wildman–Crippen LogP) is 0.201. The zero-order chi connectivity index (χ0) is 15.3. The molecule has 110 valence electrons. The van der Waals surface area contributed by atoms with Crippen LogP contribution in [0.1, 0.15) is 13.8 Å². The van der Waals surface area contributed by atoms with Gasteiger partial charge in [0.05, 0.1) is 12.0 Å². The summed E-state index contributed by atoms with van der Waals surface area (Å²) in [6, 6.07) is -0.202. The van der Waals surface area contributed by atoms with Gasteiger partial charge in [-0.3, -0.25) is 24.4 Å². The summed E-state index contributed by atoms with van der Waals surface area (Å²) in [5.74, 6) is -0.901. The highest BCUT2D eigenvalue weighted by Gasteiger charge is 2.21. The standard InChI is InChI=1S/C11H16N4O5/c1-8(2)14(7-11(17)20-3)10(16)6-13-5-9(4-12-13)15(18)19/h4-5,8H,6-7H2,1-3H3. The molecule has 0 atom stereocenters. The van der Waals surface area contributed by atoms with Crippen LogP contribution in [0.2, 0.25) is 0 Å². The molecule has 0 N–H and O–H groups in total. The Bertz CT molecular complexity index is 511. The summed E-state index contributed by atoms with van der Waals surface area (Å²) in [5, 5.41) is 14.3. The highest BCUT2D eigenvalue weighted by atomic mass is 16.6. The Morgan fingerprint density at radius 3 is 2.65 bits per heavy atom. The molecule has 9 nitrogen and oxygen atoms in total. The molecule has 1 aromatic heterocycles. The Morgan fingerprint density at radius 1 is 1.55 bits per heavy atom. The van der Waals surface area contributed by atoms with Crippen LogP contribution in [0.4, 0.5) is 5.69 Å². The summed E-state index contributed by atoms with van der Waals surface area (Å²) in [7, 11) is 1.24. The van der Waals surface area contributed by atoms with Crippen LogP contribution in [0.15, 0.2) is 12.4 Å². The molecule has 0 unspecified atom stereocenters. The third kappa shape index (κ3) is 4.04. The van der Waals surface area contributed by atoms with E-state index in [1.807, 2.05) is 0 Å². The van der Waals surface area contributed by atoms with Gasteiger partial charge in [-0.25, -0.2) is 0 Å². The van der Waals surface area contributed by atoms with Crippen LogP contribution in [0.25, 0.3) is 0 Å². The largest absolute Gasteiger partial charge is 0.468 e. The van der Waals surface area contributed by atoms with E-state index in [0.29, 0.717) is 0 Å². The number of carbonyl (C=O) groups is 2. The Hall–Kier alpha value is -2.45. The first-order chi connectivity index (χ1) is 9.35. The second kappa shape index (κ2) is 6.64. The Morgan fingerprint density at radius 2 is 2.20 bits per heavy atom. The second-order valence-corrected chi connectivity index (χ2v) is 4.34. The lowest BCUT2D eigenvalue weighted by atomic mass is 10.3. The normalized spacial score (nSPS) is 10.4. The molecule has 0 aliphatic heterocycles. The van der Waals surface area contributed by atoms with E-state index in [1.165, 1.54) is 12.0 Å². The van der Waals surface area contributed by atoms with Crippen molar-refractivity contribution < 1.29 is 19.2 Å². The van der Waals surface area contributed by atoms with Crippen molar-refractivity contribution in [3.05, 3.63) is 22.5 Å². The van der Waals surface area contributed by atoms with Gasteiger partial charge in [0, 0.05) is 6.04 Å². The number of rotatable bonds is 6. The molecular weight excluding hydrogens is 268 g/mol. The molecule has 0 fully saturated rings. The minimum atomic E-state index is -0.595. The minimum absolute atomic E-state index is 0.170. The van der Waals surface area contributed by atoms with E-state index >= 15 is 0 Å². The molecule has 1 amide bonds.